The smallest absolute Gasteiger partial charge is 0.379 e. The monoisotopic (exact) mass is 1010 g/mol. The number of carbonyl (C=O) groups excluding carboxylic acids is 6. The number of hydrogen-bond acceptors (Lipinski definition) is 11. The maximum Gasteiger partial charge on any atom is 0.471 e. The van der Waals surface area contributed by atoms with E-state index >= 15 is 0 Å². The number of nitrogens with one attached hydrogen (secondary N) is 4. The van der Waals surface area contributed by atoms with Gasteiger partial charge in [-0.15, -0.1) is 0 Å². The number of benzene rings is 2. The minimum atomic E-state index is -5.13. The highest BCUT2D eigenvalue weighted by atomic mass is 32.2. The van der Waals surface area contributed by atoms with E-state index in [4.69, 9.17) is 9.47 Å². The number of halogens is 3. The summed E-state index contributed by atoms with van der Waals surface area (Å²) >= 11 is 0. The Morgan fingerprint density at radius 3 is 1.99 bits per heavy atom. The van der Waals surface area contributed by atoms with Gasteiger partial charge in [0.1, 0.15) is 17.8 Å². The first-order valence-corrected chi connectivity index (χ1v) is 25.0. The van der Waals surface area contributed by atoms with Crippen molar-refractivity contribution >= 4 is 51.2 Å². The summed E-state index contributed by atoms with van der Waals surface area (Å²) in [6, 6.07) is 9.64. The molecule has 4 N–H and O–H groups in total. The number of carbonyl (C=O) groups is 6. The van der Waals surface area contributed by atoms with Crippen molar-refractivity contribution in [3.63, 3.8) is 0 Å². The van der Waals surface area contributed by atoms with Crippen LogP contribution in [0.4, 0.5) is 18.9 Å². The SMILES string of the molecule is CCC(C)[C@@H]([C@@H](CC(=O)N1CCC[C@H]1[C@H](OC)[C@@H](C)C(=O)N[C@@H](Cc1ccccc1)C(=O)NS(=O)(=O)Cc1ccc(NC(=O)C(F)(F)F)cc1)OC)N(C)C(=O)[C@@H](NC(=O)C(=C(C)C)N(C)C)C(C)C. The molecule has 2 aromatic carbocycles. The van der Waals surface area contributed by atoms with Crippen LogP contribution in [0.3, 0.4) is 0 Å². The average molecular weight is 1010 g/mol. The van der Waals surface area contributed by atoms with Crippen molar-refractivity contribution in [3.8, 4) is 0 Å². The van der Waals surface area contributed by atoms with Crippen LogP contribution in [-0.4, -0.2) is 143 Å². The van der Waals surface area contributed by atoms with E-state index < -0.39 is 82.0 Å². The van der Waals surface area contributed by atoms with E-state index in [2.05, 4.69) is 10.6 Å². The standard InChI is InChI=1S/C49H72F3N7O10S/c1-13-31(6)42(58(10)47(64)40(29(2)3)55-46(63)41(30(4)5)57(8)9)38(68-11)27-39(60)59-25-17-20-37(59)43(69-12)32(7)44(61)54-36(26-33-18-15-14-16-19-33)45(62)56-70(66,67)28-34-21-23-35(24-22-34)53-48(65)49(50,51)52/h14-16,18-19,21-24,29,31-32,36-38,40,42-43H,13,17,20,25-28H2,1-12H3,(H,53,65)(H,54,61)(H,55,63)(H,56,62)/t31?,32-,36+,37+,38-,40+,42+,43-/m1/s1. The first kappa shape index (κ1) is 58.8. The summed E-state index contributed by atoms with van der Waals surface area (Å²) in [5.41, 5.74) is 1.69. The van der Waals surface area contributed by atoms with Crippen molar-refractivity contribution in [2.24, 2.45) is 17.8 Å². The molecule has 1 aliphatic heterocycles. The van der Waals surface area contributed by atoms with Gasteiger partial charge in [0, 0.05) is 54.0 Å². The van der Waals surface area contributed by atoms with Crippen molar-refractivity contribution < 1.29 is 59.8 Å². The van der Waals surface area contributed by atoms with Crippen molar-refractivity contribution in [1.82, 2.24) is 30.1 Å². The quantitative estimate of drug-likeness (QED) is 0.105. The zero-order chi connectivity index (χ0) is 52.8. The first-order valence-electron chi connectivity index (χ1n) is 23.3. The molecule has 6 amide bonds. The molecule has 0 radical (unpaired) electrons. The third kappa shape index (κ3) is 16.3. The van der Waals surface area contributed by atoms with Gasteiger partial charge in [-0.2, -0.15) is 13.2 Å². The molecule has 1 unspecified atom stereocenters. The second-order valence-corrected chi connectivity index (χ2v) is 20.4. The van der Waals surface area contributed by atoms with Gasteiger partial charge in [0.25, 0.3) is 11.8 Å². The number of nitrogens with zero attached hydrogens (tertiary/aromatic N) is 3. The first-order chi connectivity index (χ1) is 32.7. The maximum atomic E-state index is 14.4. The largest absolute Gasteiger partial charge is 0.471 e. The van der Waals surface area contributed by atoms with E-state index in [-0.39, 0.29) is 53.6 Å². The van der Waals surface area contributed by atoms with Crippen LogP contribution in [0.1, 0.15) is 85.3 Å². The van der Waals surface area contributed by atoms with Gasteiger partial charge in [-0.1, -0.05) is 83.5 Å². The average Bonchev–Trinajstić information content (AvgIpc) is 3.77. The topological polar surface area (TPSA) is 213 Å². The molecule has 1 saturated heterocycles. The minimum Gasteiger partial charge on any atom is -0.379 e. The van der Waals surface area contributed by atoms with Crippen molar-refractivity contribution in [2.45, 2.75) is 129 Å². The van der Waals surface area contributed by atoms with E-state index in [0.29, 0.717) is 37.1 Å². The van der Waals surface area contributed by atoms with Crippen LogP contribution in [-0.2, 0) is 60.4 Å². The van der Waals surface area contributed by atoms with Crippen LogP contribution >= 0.6 is 0 Å². The maximum absolute atomic E-state index is 14.4. The molecule has 1 heterocycles. The van der Waals surface area contributed by atoms with Gasteiger partial charge in [-0.25, -0.2) is 8.42 Å². The lowest BCUT2D eigenvalue weighted by molar-refractivity contribution is -0.167. The number of hydrogen-bond donors (Lipinski definition) is 4. The minimum absolute atomic E-state index is 0.0909. The molecular formula is C49H72F3N7O10S. The highest BCUT2D eigenvalue weighted by Gasteiger charge is 2.44. The fraction of sp³-hybridized carbons (Fsp3) is 0.592. The Bertz CT molecular complexity index is 2260. The van der Waals surface area contributed by atoms with Crippen LogP contribution in [0.2, 0.25) is 0 Å². The lowest BCUT2D eigenvalue weighted by Crippen LogP contribution is -2.58. The molecule has 1 fully saturated rings. The molecule has 3 rings (SSSR count). The zero-order valence-electron chi connectivity index (χ0n) is 42.3. The molecule has 21 heteroatoms. The fourth-order valence-electron chi connectivity index (χ4n) is 8.85. The van der Waals surface area contributed by atoms with Gasteiger partial charge in [0.15, 0.2) is 0 Å². The third-order valence-corrected chi connectivity index (χ3v) is 13.8. The molecule has 0 spiro atoms. The molecule has 17 nitrogen and oxygen atoms in total. The molecule has 390 valence electrons. The lowest BCUT2D eigenvalue weighted by atomic mass is 9.89. The van der Waals surface area contributed by atoms with E-state index in [1.54, 1.807) is 78.4 Å². The summed E-state index contributed by atoms with van der Waals surface area (Å²) in [5.74, 6) is -7.06. The Hall–Kier alpha value is -5.54. The normalized spacial score (nSPS) is 17.0. The molecule has 0 bridgehead atoms. The highest BCUT2D eigenvalue weighted by molar-refractivity contribution is 7.89. The lowest BCUT2D eigenvalue weighted by Gasteiger charge is -2.41. The number of methoxy groups -OCH3 is 2. The number of likely N-dealkylation sites (N-methyl/N-ethyl adjacent to an activating group) is 2. The molecule has 2 aromatic rings. The van der Waals surface area contributed by atoms with Crippen LogP contribution in [0.15, 0.2) is 65.9 Å². The molecule has 0 saturated carbocycles. The van der Waals surface area contributed by atoms with Gasteiger partial charge in [0.2, 0.25) is 27.7 Å². The Morgan fingerprint density at radius 1 is 0.857 bits per heavy atom. The number of rotatable bonds is 24. The van der Waals surface area contributed by atoms with Gasteiger partial charge < -0.3 is 40.1 Å². The molecule has 1 aliphatic rings. The Morgan fingerprint density at radius 2 is 1.47 bits per heavy atom. The molecule has 70 heavy (non-hydrogen) atoms. The second kappa shape index (κ2) is 26.1. The van der Waals surface area contributed by atoms with Gasteiger partial charge in [0.05, 0.1) is 42.4 Å². The number of likely N-dealkylation sites (tertiary alicyclic amines) is 1. The summed E-state index contributed by atoms with van der Waals surface area (Å²) in [6.07, 6.45) is -5.29. The number of alkyl halides is 3. The Labute approximate surface area is 410 Å². The highest BCUT2D eigenvalue weighted by Crippen LogP contribution is 2.30. The van der Waals surface area contributed by atoms with Crippen LogP contribution in [0.25, 0.3) is 0 Å². The van der Waals surface area contributed by atoms with Crippen LogP contribution in [0, 0.1) is 17.8 Å². The summed E-state index contributed by atoms with van der Waals surface area (Å²) in [4.78, 5) is 86.3. The zero-order valence-corrected chi connectivity index (χ0v) is 43.1. The third-order valence-electron chi connectivity index (χ3n) is 12.6. The Kier molecular flexibility index (Phi) is 21.9. The van der Waals surface area contributed by atoms with Crippen molar-refractivity contribution in [2.75, 3.05) is 47.2 Å². The van der Waals surface area contributed by atoms with E-state index in [1.165, 1.54) is 26.4 Å². The summed E-state index contributed by atoms with van der Waals surface area (Å²) in [5, 5.41) is 7.31. The summed E-state index contributed by atoms with van der Waals surface area (Å²) in [6.45, 7) is 13.2. The molecular weight excluding hydrogens is 936 g/mol. The number of amides is 6. The molecule has 0 aliphatic carbocycles. The van der Waals surface area contributed by atoms with E-state index in [0.717, 1.165) is 17.7 Å². The van der Waals surface area contributed by atoms with Crippen LogP contribution in [0.5, 0.6) is 0 Å². The van der Waals surface area contributed by atoms with Crippen molar-refractivity contribution in [1.29, 1.82) is 0 Å². The predicted molar refractivity (Wildman–Crippen MR) is 259 cm³/mol. The fourth-order valence-corrected chi connectivity index (χ4v) is 10.0. The number of anilines is 1. The van der Waals surface area contributed by atoms with Gasteiger partial charge in [-0.05, 0) is 67.4 Å². The van der Waals surface area contributed by atoms with Crippen molar-refractivity contribution in [3.05, 3.63) is 77.0 Å². The number of allylic oxidation sites excluding steroid dienone is 1. The number of ether oxygens (including phenoxy) is 2. The van der Waals surface area contributed by atoms with Gasteiger partial charge in [-0.3, -0.25) is 33.5 Å². The predicted octanol–water partition coefficient (Wildman–Crippen LogP) is 4.78. The van der Waals surface area contributed by atoms with E-state index in [1.807, 2.05) is 46.3 Å². The second-order valence-electron chi connectivity index (χ2n) is 18.7. The van der Waals surface area contributed by atoms with Crippen LogP contribution < -0.4 is 20.7 Å². The number of sulfonamides is 1. The summed E-state index contributed by atoms with van der Waals surface area (Å²) < 4.78 is 78.6. The molecule has 8 atom stereocenters. The Balaban J connectivity index is 1.82. The summed E-state index contributed by atoms with van der Waals surface area (Å²) in [7, 11) is 3.63. The van der Waals surface area contributed by atoms with Gasteiger partial charge >= 0.3 is 12.1 Å². The van der Waals surface area contributed by atoms with E-state index in [9.17, 15) is 50.4 Å². The molecule has 0 aromatic heterocycles.